The summed E-state index contributed by atoms with van der Waals surface area (Å²) in [5.74, 6) is 0.429. The lowest BCUT2D eigenvalue weighted by atomic mass is 10.0. The summed E-state index contributed by atoms with van der Waals surface area (Å²) in [5, 5.41) is 1.78. The summed E-state index contributed by atoms with van der Waals surface area (Å²) in [7, 11) is -3.74. The number of hydrogen-bond donors (Lipinski definition) is 1. The van der Waals surface area contributed by atoms with Gasteiger partial charge in [0.15, 0.2) is 9.84 Å². The molecule has 2 aromatic carbocycles. The fourth-order valence-corrected chi connectivity index (χ4v) is 4.83. The number of sulfone groups is 1. The molecule has 3 aromatic rings. The van der Waals surface area contributed by atoms with E-state index in [2.05, 4.69) is 19.2 Å². The lowest BCUT2D eigenvalue weighted by molar-refractivity contribution is -0.121. The molecule has 0 aliphatic heterocycles. The van der Waals surface area contributed by atoms with Crippen molar-refractivity contribution in [1.82, 2.24) is 5.32 Å². The number of carbonyl (C=O) groups is 1. The third kappa shape index (κ3) is 5.39. The Bertz CT molecular complexity index is 1040. The van der Waals surface area contributed by atoms with E-state index >= 15 is 0 Å². The zero-order valence-electron chi connectivity index (χ0n) is 17.2. The van der Waals surface area contributed by atoms with Gasteiger partial charge in [-0.25, -0.2) is 8.42 Å². The van der Waals surface area contributed by atoms with Gasteiger partial charge >= 0.3 is 0 Å². The van der Waals surface area contributed by atoms with Crippen molar-refractivity contribution in [2.75, 3.05) is 6.54 Å². The second-order valence-corrected chi connectivity index (χ2v) is 9.69. The molecule has 0 fully saturated rings. The van der Waals surface area contributed by atoms with Crippen molar-refractivity contribution >= 4 is 15.7 Å². The van der Waals surface area contributed by atoms with Crippen LogP contribution in [0.5, 0.6) is 0 Å². The van der Waals surface area contributed by atoms with Gasteiger partial charge in [0, 0.05) is 13.0 Å². The molecule has 0 spiro atoms. The van der Waals surface area contributed by atoms with E-state index in [0.717, 1.165) is 11.1 Å². The fraction of sp³-hybridized carbons (Fsp3) is 0.292. The van der Waals surface area contributed by atoms with Crippen LogP contribution in [0.2, 0.25) is 0 Å². The number of furan rings is 1. The molecule has 0 radical (unpaired) electrons. The maximum absolute atomic E-state index is 13.3. The summed E-state index contributed by atoms with van der Waals surface area (Å²) >= 11 is 0. The maximum Gasteiger partial charge on any atom is 0.220 e. The first-order valence-corrected chi connectivity index (χ1v) is 11.6. The molecule has 158 valence electrons. The Hall–Kier alpha value is -2.86. The second-order valence-electron chi connectivity index (χ2n) is 7.56. The second kappa shape index (κ2) is 9.76. The normalized spacial score (nSPS) is 12.6. The van der Waals surface area contributed by atoms with E-state index in [1.165, 1.54) is 6.26 Å². The first-order valence-electron chi connectivity index (χ1n) is 10.1. The SMILES string of the molecule is CC(C)c1ccc(S(=O)(=O)[C@@H](CNC(=O)CCc2ccccc2)c2ccco2)cc1. The molecule has 1 aromatic heterocycles. The van der Waals surface area contributed by atoms with Crippen LogP contribution in [0.15, 0.2) is 82.3 Å². The fourth-order valence-electron chi connectivity index (χ4n) is 3.24. The number of carbonyl (C=O) groups excluding carboxylic acids is 1. The van der Waals surface area contributed by atoms with Crippen LogP contribution in [-0.4, -0.2) is 20.9 Å². The minimum absolute atomic E-state index is 0.0462. The highest BCUT2D eigenvalue weighted by atomic mass is 32.2. The van der Waals surface area contributed by atoms with Crippen molar-refractivity contribution in [1.29, 1.82) is 0 Å². The molecule has 1 heterocycles. The predicted octanol–water partition coefficient (Wildman–Crippen LogP) is 4.67. The molecule has 0 saturated heterocycles. The third-order valence-corrected chi connectivity index (χ3v) is 7.16. The van der Waals surface area contributed by atoms with Gasteiger partial charge in [0.1, 0.15) is 11.0 Å². The average molecular weight is 426 g/mol. The largest absolute Gasteiger partial charge is 0.468 e. The number of aryl methyl sites for hydroxylation is 1. The quantitative estimate of drug-likeness (QED) is 0.541. The molecule has 0 bridgehead atoms. The maximum atomic E-state index is 13.3. The Morgan fingerprint density at radius 1 is 0.967 bits per heavy atom. The zero-order valence-corrected chi connectivity index (χ0v) is 18.1. The molecule has 0 aliphatic carbocycles. The smallest absolute Gasteiger partial charge is 0.220 e. The van der Waals surface area contributed by atoms with Gasteiger partial charge in [-0.3, -0.25) is 4.79 Å². The monoisotopic (exact) mass is 425 g/mol. The summed E-state index contributed by atoms with van der Waals surface area (Å²) in [6.07, 6.45) is 2.33. The number of rotatable bonds is 9. The molecular weight excluding hydrogens is 398 g/mol. The van der Waals surface area contributed by atoms with Crippen LogP contribution < -0.4 is 5.32 Å². The minimum Gasteiger partial charge on any atom is -0.468 e. The molecule has 1 atom stereocenters. The van der Waals surface area contributed by atoms with Gasteiger partial charge in [0.25, 0.3) is 0 Å². The molecule has 0 unspecified atom stereocenters. The number of hydrogen-bond acceptors (Lipinski definition) is 4. The number of nitrogens with one attached hydrogen (secondary N) is 1. The summed E-state index contributed by atoms with van der Waals surface area (Å²) < 4.78 is 32.0. The van der Waals surface area contributed by atoms with E-state index in [0.29, 0.717) is 18.1 Å². The summed E-state index contributed by atoms with van der Waals surface area (Å²) in [6, 6.07) is 19.9. The van der Waals surface area contributed by atoms with Crippen molar-refractivity contribution in [3.8, 4) is 0 Å². The standard InChI is InChI=1S/C24H27NO4S/c1-18(2)20-11-13-21(14-12-20)30(27,28)23(22-9-6-16-29-22)17-25-24(26)15-10-19-7-4-3-5-8-19/h3-9,11-14,16,18,23H,10,15,17H2,1-2H3,(H,25,26)/t23-/m0/s1. The van der Waals surface area contributed by atoms with Gasteiger partial charge < -0.3 is 9.73 Å². The van der Waals surface area contributed by atoms with Gasteiger partial charge in [0.2, 0.25) is 5.91 Å². The highest BCUT2D eigenvalue weighted by Crippen LogP contribution is 2.30. The van der Waals surface area contributed by atoms with Gasteiger partial charge in [-0.1, -0.05) is 56.3 Å². The average Bonchev–Trinajstić information content (AvgIpc) is 3.27. The molecular formula is C24H27NO4S. The Balaban J connectivity index is 1.72. The van der Waals surface area contributed by atoms with E-state index in [4.69, 9.17) is 4.42 Å². The van der Waals surface area contributed by atoms with Crippen molar-refractivity contribution < 1.29 is 17.6 Å². The van der Waals surface area contributed by atoms with Crippen LogP contribution >= 0.6 is 0 Å². The number of amides is 1. The van der Waals surface area contributed by atoms with Gasteiger partial charge in [-0.15, -0.1) is 0 Å². The van der Waals surface area contributed by atoms with Gasteiger partial charge in [-0.2, -0.15) is 0 Å². The van der Waals surface area contributed by atoms with E-state index in [9.17, 15) is 13.2 Å². The first kappa shape index (κ1) is 21.8. The number of benzene rings is 2. The lowest BCUT2D eigenvalue weighted by Crippen LogP contribution is -2.32. The molecule has 6 heteroatoms. The van der Waals surface area contributed by atoms with Crippen molar-refractivity contribution in [2.24, 2.45) is 0 Å². The van der Waals surface area contributed by atoms with E-state index in [1.807, 2.05) is 42.5 Å². The molecule has 30 heavy (non-hydrogen) atoms. The van der Waals surface area contributed by atoms with Crippen molar-refractivity contribution in [3.05, 3.63) is 89.9 Å². The Labute approximate surface area is 178 Å². The Kier molecular flexibility index (Phi) is 7.11. The van der Waals surface area contributed by atoms with Gasteiger partial charge in [-0.05, 0) is 47.7 Å². The zero-order chi connectivity index (χ0) is 21.6. The van der Waals surface area contributed by atoms with Crippen LogP contribution in [0.25, 0.3) is 0 Å². The molecule has 0 saturated carbocycles. The molecule has 5 nitrogen and oxygen atoms in total. The summed E-state index contributed by atoms with van der Waals surface area (Å²) in [4.78, 5) is 12.6. The van der Waals surface area contributed by atoms with Crippen LogP contribution in [0.1, 0.15) is 48.3 Å². The Morgan fingerprint density at radius 3 is 2.27 bits per heavy atom. The molecule has 3 rings (SSSR count). The molecule has 0 aliphatic rings. The highest BCUT2D eigenvalue weighted by Gasteiger charge is 2.31. The molecule has 1 N–H and O–H groups in total. The van der Waals surface area contributed by atoms with E-state index in [-0.39, 0.29) is 23.8 Å². The molecule has 1 amide bonds. The van der Waals surface area contributed by atoms with Gasteiger partial charge in [0.05, 0.1) is 11.2 Å². The lowest BCUT2D eigenvalue weighted by Gasteiger charge is -2.17. The van der Waals surface area contributed by atoms with Crippen LogP contribution in [-0.2, 0) is 21.1 Å². The highest BCUT2D eigenvalue weighted by molar-refractivity contribution is 7.91. The summed E-state index contributed by atoms with van der Waals surface area (Å²) in [6.45, 7) is 4.07. The minimum atomic E-state index is -3.74. The Morgan fingerprint density at radius 2 is 1.67 bits per heavy atom. The van der Waals surface area contributed by atoms with E-state index in [1.54, 1.807) is 24.3 Å². The van der Waals surface area contributed by atoms with Crippen molar-refractivity contribution in [3.63, 3.8) is 0 Å². The van der Waals surface area contributed by atoms with Crippen LogP contribution in [0.4, 0.5) is 0 Å². The van der Waals surface area contributed by atoms with Crippen LogP contribution in [0, 0.1) is 0 Å². The topological polar surface area (TPSA) is 76.4 Å². The van der Waals surface area contributed by atoms with Crippen molar-refractivity contribution in [2.45, 2.75) is 42.8 Å². The van der Waals surface area contributed by atoms with Crippen LogP contribution in [0.3, 0.4) is 0 Å². The first-order chi connectivity index (χ1) is 14.4. The third-order valence-electron chi connectivity index (χ3n) is 5.08. The van der Waals surface area contributed by atoms with E-state index < -0.39 is 15.1 Å². The summed E-state index contributed by atoms with van der Waals surface area (Å²) in [5.41, 5.74) is 2.13. The predicted molar refractivity (Wildman–Crippen MR) is 117 cm³/mol.